The molecule has 8 heteroatoms. The van der Waals surface area contributed by atoms with Crippen LogP contribution in [0.2, 0.25) is 0 Å². The van der Waals surface area contributed by atoms with Crippen molar-refractivity contribution in [2.24, 2.45) is 7.05 Å². The van der Waals surface area contributed by atoms with Crippen molar-refractivity contribution in [2.75, 3.05) is 11.3 Å². The minimum Gasteiger partial charge on any atom is -0.489 e. The first-order chi connectivity index (χ1) is 11.9. The van der Waals surface area contributed by atoms with E-state index in [1.54, 1.807) is 43.5 Å². The van der Waals surface area contributed by atoms with E-state index in [9.17, 15) is 13.2 Å². The van der Waals surface area contributed by atoms with Gasteiger partial charge in [-0.15, -0.1) is 0 Å². The number of nitrogens with zero attached hydrogens (tertiary/aromatic N) is 1. The average molecular weight is 376 g/mol. The normalized spacial score (nSPS) is 11.4. The average Bonchev–Trinajstić information content (AvgIpc) is 2.87. The minimum atomic E-state index is -3.78. The lowest BCUT2D eigenvalue weighted by atomic mass is 10.3. The number of nitrogens with one attached hydrogen (secondary N) is 1. The van der Waals surface area contributed by atoms with Gasteiger partial charge in [0.05, 0.1) is 20.8 Å². The van der Waals surface area contributed by atoms with E-state index in [-0.39, 0.29) is 9.77 Å². The number of fused-ring (bicyclic) bond motifs is 1. The quantitative estimate of drug-likeness (QED) is 0.671. The van der Waals surface area contributed by atoms with Crippen LogP contribution in [0, 0.1) is 0 Å². The van der Waals surface area contributed by atoms with Gasteiger partial charge < -0.3 is 9.30 Å². The number of rotatable bonds is 6. The monoisotopic (exact) mass is 376 g/mol. The van der Waals surface area contributed by atoms with E-state index in [4.69, 9.17) is 4.74 Å². The number of benzene rings is 2. The molecule has 1 aromatic heterocycles. The van der Waals surface area contributed by atoms with Crippen molar-refractivity contribution in [1.29, 1.82) is 0 Å². The molecular weight excluding hydrogens is 360 g/mol. The van der Waals surface area contributed by atoms with E-state index >= 15 is 0 Å². The van der Waals surface area contributed by atoms with Gasteiger partial charge in [-0.3, -0.25) is 9.52 Å². The molecule has 0 radical (unpaired) electrons. The molecule has 25 heavy (non-hydrogen) atoms. The van der Waals surface area contributed by atoms with Crippen LogP contribution >= 0.6 is 11.3 Å². The van der Waals surface area contributed by atoms with Gasteiger partial charge in [0, 0.05) is 13.1 Å². The van der Waals surface area contributed by atoms with Crippen molar-refractivity contribution in [3.63, 3.8) is 0 Å². The summed E-state index contributed by atoms with van der Waals surface area (Å²) in [6, 6.07) is 11.3. The molecule has 0 amide bonds. The predicted molar refractivity (Wildman–Crippen MR) is 100 cm³/mol. The first-order valence-electron chi connectivity index (χ1n) is 7.37. The Morgan fingerprint density at radius 2 is 2.08 bits per heavy atom. The second-order valence-corrected chi connectivity index (χ2v) is 7.97. The Bertz CT molecular complexity index is 1100. The Morgan fingerprint density at radius 3 is 2.84 bits per heavy atom. The molecule has 0 aliphatic carbocycles. The number of anilines is 1. The molecule has 130 valence electrons. The summed E-state index contributed by atoms with van der Waals surface area (Å²) in [4.78, 5) is 11.7. The van der Waals surface area contributed by atoms with Crippen LogP contribution in [-0.4, -0.2) is 19.6 Å². The predicted octanol–water partition coefficient (Wildman–Crippen LogP) is 2.97. The Labute approximate surface area is 149 Å². The first-order valence-corrected chi connectivity index (χ1v) is 9.67. The van der Waals surface area contributed by atoms with Crippen LogP contribution in [0.25, 0.3) is 10.2 Å². The van der Waals surface area contributed by atoms with Gasteiger partial charge in [0.2, 0.25) is 0 Å². The Kier molecular flexibility index (Phi) is 4.65. The highest BCUT2D eigenvalue weighted by Gasteiger charge is 2.16. The van der Waals surface area contributed by atoms with Crippen LogP contribution in [0.4, 0.5) is 5.69 Å². The van der Waals surface area contributed by atoms with Crippen LogP contribution in [0.1, 0.15) is 0 Å². The van der Waals surface area contributed by atoms with Gasteiger partial charge in [0.25, 0.3) is 10.0 Å². The number of hydrogen-bond acceptors (Lipinski definition) is 5. The van der Waals surface area contributed by atoms with Crippen molar-refractivity contribution >= 4 is 37.3 Å². The van der Waals surface area contributed by atoms with E-state index in [0.717, 1.165) is 11.3 Å². The highest BCUT2D eigenvalue weighted by molar-refractivity contribution is 7.92. The third-order valence-corrected chi connectivity index (χ3v) is 5.90. The molecule has 0 unspecified atom stereocenters. The maximum absolute atomic E-state index is 12.6. The third-order valence-electron chi connectivity index (χ3n) is 3.53. The summed E-state index contributed by atoms with van der Waals surface area (Å²) in [5, 5.41) is 0. The number of aryl methyl sites for hydroxylation is 1. The summed E-state index contributed by atoms with van der Waals surface area (Å²) in [6.07, 6.45) is 1.61. The fourth-order valence-corrected chi connectivity index (χ4v) is 4.37. The molecule has 1 heterocycles. The summed E-state index contributed by atoms with van der Waals surface area (Å²) in [7, 11) is -2.12. The molecule has 0 spiro atoms. The van der Waals surface area contributed by atoms with E-state index in [1.807, 2.05) is 0 Å². The number of ether oxygens (including phenoxy) is 1. The maximum atomic E-state index is 12.6. The topological polar surface area (TPSA) is 77.4 Å². The molecule has 0 bridgehead atoms. The lowest BCUT2D eigenvalue weighted by Gasteiger charge is -2.10. The number of hydrogen-bond donors (Lipinski definition) is 1. The van der Waals surface area contributed by atoms with Crippen molar-refractivity contribution in [2.45, 2.75) is 4.90 Å². The Hall–Kier alpha value is -2.58. The van der Waals surface area contributed by atoms with Crippen LogP contribution in [0.3, 0.4) is 0 Å². The molecule has 3 aromatic rings. The molecule has 0 aliphatic heterocycles. The van der Waals surface area contributed by atoms with Crippen molar-refractivity contribution < 1.29 is 13.2 Å². The highest BCUT2D eigenvalue weighted by atomic mass is 32.2. The van der Waals surface area contributed by atoms with Crippen LogP contribution in [-0.2, 0) is 17.1 Å². The molecule has 0 saturated heterocycles. The van der Waals surface area contributed by atoms with Crippen molar-refractivity contribution in [3.8, 4) is 5.75 Å². The SMILES string of the molecule is C=CCOc1cccc(NS(=O)(=O)c2ccc3c(c2)sc(=O)n3C)c1. The Morgan fingerprint density at radius 1 is 1.28 bits per heavy atom. The molecule has 0 saturated carbocycles. The fraction of sp³-hybridized carbons (Fsp3) is 0.118. The minimum absolute atomic E-state index is 0.0965. The van der Waals surface area contributed by atoms with Gasteiger partial charge in [0.15, 0.2) is 0 Å². The van der Waals surface area contributed by atoms with Crippen LogP contribution < -0.4 is 14.3 Å². The molecule has 1 N–H and O–H groups in total. The van der Waals surface area contributed by atoms with Gasteiger partial charge in [-0.2, -0.15) is 0 Å². The van der Waals surface area contributed by atoms with Crippen molar-refractivity contribution in [1.82, 2.24) is 4.57 Å². The standard InChI is InChI=1S/C17H16N2O4S2/c1-3-9-23-13-6-4-5-12(10-13)18-25(21,22)14-7-8-15-16(11-14)24-17(20)19(15)2/h3-8,10-11,18H,1,9H2,2H3. The molecule has 0 aliphatic rings. The number of aromatic nitrogens is 1. The fourth-order valence-electron chi connectivity index (χ4n) is 2.30. The molecule has 0 atom stereocenters. The largest absolute Gasteiger partial charge is 0.489 e. The summed E-state index contributed by atoms with van der Waals surface area (Å²) >= 11 is 1.01. The van der Waals surface area contributed by atoms with Gasteiger partial charge in [-0.25, -0.2) is 8.42 Å². The van der Waals surface area contributed by atoms with E-state index < -0.39 is 10.0 Å². The van der Waals surface area contributed by atoms with Crippen molar-refractivity contribution in [3.05, 3.63) is 64.8 Å². The lowest BCUT2D eigenvalue weighted by Crippen LogP contribution is -2.13. The smallest absolute Gasteiger partial charge is 0.307 e. The zero-order valence-electron chi connectivity index (χ0n) is 13.4. The zero-order valence-corrected chi connectivity index (χ0v) is 15.1. The lowest BCUT2D eigenvalue weighted by molar-refractivity contribution is 0.363. The first kappa shape index (κ1) is 17.2. The number of sulfonamides is 1. The summed E-state index contributed by atoms with van der Waals surface area (Å²) in [5.41, 5.74) is 1.09. The second kappa shape index (κ2) is 6.73. The maximum Gasteiger partial charge on any atom is 0.307 e. The molecule has 6 nitrogen and oxygen atoms in total. The van der Waals surface area contributed by atoms with Crippen LogP contribution in [0.5, 0.6) is 5.75 Å². The van der Waals surface area contributed by atoms with Gasteiger partial charge in [0.1, 0.15) is 12.4 Å². The molecule has 0 fully saturated rings. The van der Waals surface area contributed by atoms with E-state index in [0.29, 0.717) is 28.3 Å². The molecule has 2 aromatic carbocycles. The summed E-state index contributed by atoms with van der Waals surface area (Å²) in [6.45, 7) is 3.90. The Balaban J connectivity index is 1.91. The third kappa shape index (κ3) is 3.59. The summed E-state index contributed by atoms with van der Waals surface area (Å²) < 4.78 is 35.3. The van der Waals surface area contributed by atoms with Gasteiger partial charge in [-0.1, -0.05) is 30.1 Å². The second-order valence-electron chi connectivity index (χ2n) is 5.29. The summed E-state index contributed by atoms with van der Waals surface area (Å²) in [5.74, 6) is 0.539. The molecular formula is C17H16N2O4S2. The van der Waals surface area contributed by atoms with Gasteiger partial charge >= 0.3 is 4.87 Å². The molecule has 3 rings (SSSR count). The highest BCUT2D eigenvalue weighted by Crippen LogP contribution is 2.24. The number of thiazole rings is 1. The van der Waals surface area contributed by atoms with E-state index in [1.165, 1.54) is 16.7 Å². The van der Waals surface area contributed by atoms with Gasteiger partial charge in [-0.05, 0) is 30.3 Å². The van der Waals surface area contributed by atoms with Crippen LogP contribution in [0.15, 0.2) is 64.8 Å². The van der Waals surface area contributed by atoms with E-state index in [2.05, 4.69) is 11.3 Å². The zero-order chi connectivity index (χ0) is 18.0.